The maximum absolute atomic E-state index is 13.0. The summed E-state index contributed by atoms with van der Waals surface area (Å²) in [6.45, 7) is 6.12. The summed E-state index contributed by atoms with van der Waals surface area (Å²) in [4.78, 5) is 28.9. The van der Waals surface area contributed by atoms with Crippen LogP contribution in [-0.4, -0.2) is 66.6 Å². The van der Waals surface area contributed by atoms with Crippen molar-refractivity contribution in [2.75, 3.05) is 45.2 Å². The summed E-state index contributed by atoms with van der Waals surface area (Å²) in [5.41, 5.74) is 1.47. The molecule has 1 saturated heterocycles. The van der Waals surface area contributed by atoms with E-state index in [0.29, 0.717) is 49.1 Å². The molecule has 0 aliphatic carbocycles. The SMILES string of the molecule is COc1ccc2oc(C(=O)N3CCN(CC(=O)Nc4cc(C)on4)CC3)c(C)c2c1. The molecular formula is C21H24N4O5. The number of nitrogens with one attached hydrogen (secondary N) is 1. The minimum absolute atomic E-state index is 0.134. The van der Waals surface area contributed by atoms with Crippen molar-refractivity contribution in [3.8, 4) is 5.75 Å². The Bertz CT molecular complexity index is 1080. The van der Waals surface area contributed by atoms with E-state index in [9.17, 15) is 9.59 Å². The summed E-state index contributed by atoms with van der Waals surface area (Å²) in [5.74, 6) is 1.82. The molecule has 1 aliphatic heterocycles. The van der Waals surface area contributed by atoms with Crippen molar-refractivity contribution in [2.24, 2.45) is 0 Å². The predicted molar refractivity (Wildman–Crippen MR) is 110 cm³/mol. The molecule has 0 bridgehead atoms. The maximum atomic E-state index is 13.0. The number of hydrogen-bond donors (Lipinski definition) is 1. The van der Waals surface area contributed by atoms with Crippen LogP contribution in [0.3, 0.4) is 0 Å². The van der Waals surface area contributed by atoms with Gasteiger partial charge < -0.3 is 23.9 Å². The van der Waals surface area contributed by atoms with Crippen LogP contribution in [0.1, 0.15) is 21.9 Å². The lowest BCUT2D eigenvalue weighted by atomic mass is 10.1. The Morgan fingerprint density at radius 1 is 1.17 bits per heavy atom. The summed E-state index contributed by atoms with van der Waals surface area (Å²) in [7, 11) is 1.61. The van der Waals surface area contributed by atoms with E-state index in [1.54, 1.807) is 25.0 Å². The zero-order chi connectivity index (χ0) is 21.3. The molecule has 2 amide bonds. The molecule has 9 heteroatoms. The number of methoxy groups -OCH3 is 1. The smallest absolute Gasteiger partial charge is 0.289 e. The second kappa shape index (κ2) is 8.19. The van der Waals surface area contributed by atoms with E-state index in [1.807, 2.05) is 30.0 Å². The van der Waals surface area contributed by atoms with E-state index in [1.165, 1.54) is 0 Å². The number of nitrogens with zero attached hydrogens (tertiary/aromatic N) is 3. The Kier molecular flexibility index (Phi) is 5.45. The number of aromatic nitrogens is 1. The normalized spacial score (nSPS) is 14.8. The number of carbonyl (C=O) groups is 2. The number of amides is 2. The molecule has 3 heterocycles. The van der Waals surface area contributed by atoms with Crippen LogP contribution in [0.4, 0.5) is 5.82 Å². The first-order valence-corrected chi connectivity index (χ1v) is 9.76. The number of fused-ring (bicyclic) bond motifs is 1. The van der Waals surface area contributed by atoms with Crippen LogP contribution in [0.15, 0.2) is 33.2 Å². The molecule has 4 rings (SSSR count). The highest BCUT2D eigenvalue weighted by atomic mass is 16.5. The number of carbonyl (C=O) groups excluding carboxylic acids is 2. The highest BCUT2D eigenvalue weighted by Gasteiger charge is 2.27. The number of furan rings is 1. The molecule has 1 N–H and O–H groups in total. The Morgan fingerprint density at radius 2 is 1.93 bits per heavy atom. The van der Waals surface area contributed by atoms with Crippen molar-refractivity contribution >= 4 is 28.6 Å². The lowest BCUT2D eigenvalue weighted by molar-refractivity contribution is -0.117. The van der Waals surface area contributed by atoms with E-state index in [0.717, 1.165) is 16.7 Å². The Labute approximate surface area is 173 Å². The first-order valence-electron chi connectivity index (χ1n) is 9.76. The molecule has 0 saturated carbocycles. The van der Waals surface area contributed by atoms with Crippen molar-refractivity contribution in [1.82, 2.24) is 15.0 Å². The summed E-state index contributed by atoms with van der Waals surface area (Å²) in [6, 6.07) is 7.16. The fourth-order valence-corrected chi connectivity index (χ4v) is 3.59. The maximum Gasteiger partial charge on any atom is 0.289 e. The quantitative estimate of drug-likeness (QED) is 0.687. The van der Waals surface area contributed by atoms with Gasteiger partial charge in [0.2, 0.25) is 5.91 Å². The molecule has 30 heavy (non-hydrogen) atoms. The van der Waals surface area contributed by atoms with Gasteiger partial charge in [0.15, 0.2) is 11.6 Å². The van der Waals surface area contributed by atoms with Crippen LogP contribution >= 0.6 is 0 Å². The van der Waals surface area contributed by atoms with Crippen molar-refractivity contribution in [3.63, 3.8) is 0 Å². The van der Waals surface area contributed by atoms with Gasteiger partial charge in [-0.3, -0.25) is 14.5 Å². The van der Waals surface area contributed by atoms with Gasteiger partial charge in [-0.15, -0.1) is 0 Å². The zero-order valence-corrected chi connectivity index (χ0v) is 17.2. The minimum Gasteiger partial charge on any atom is -0.497 e. The zero-order valence-electron chi connectivity index (χ0n) is 17.2. The van der Waals surface area contributed by atoms with Crippen molar-refractivity contribution in [3.05, 3.63) is 41.3 Å². The number of aryl methyl sites for hydroxylation is 2. The van der Waals surface area contributed by atoms with Gasteiger partial charge in [-0.2, -0.15) is 0 Å². The molecule has 1 fully saturated rings. The molecular weight excluding hydrogens is 388 g/mol. The number of rotatable bonds is 5. The van der Waals surface area contributed by atoms with E-state index >= 15 is 0 Å². The third kappa shape index (κ3) is 4.02. The van der Waals surface area contributed by atoms with Crippen molar-refractivity contribution in [1.29, 1.82) is 0 Å². The minimum atomic E-state index is -0.162. The van der Waals surface area contributed by atoms with Crippen LogP contribution in [0.2, 0.25) is 0 Å². The van der Waals surface area contributed by atoms with Gasteiger partial charge in [0, 0.05) is 43.2 Å². The third-order valence-electron chi connectivity index (χ3n) is 5.26. The largest absolute Gasteiger partial charge is 0.497 e. The molecule has 1 aromatic carbocycles. The van der Waals surface area contributed by atoms with Crippen LogP contribution in [-0.2, 0) is 4.79 Å². The number of hydrogen-bond acceptors (Lipinski definition) is 7. The molecule has 3 aromatic rings. The topological polar surface area (TPSA) is 101 Å². The van der Waals surface area contributed by atoms with E-state index in [2.05, 4.69) is 10.5 Å². The van der Waals surface area contributed by atoms with Crippen LogP contribution < -0.4 is 10.1 Å². The van der Waals surface area contributed by atoms with Gasteiger partial charge in [-0.1, -0.05) is 5.16 Å². The predicted octanol–water partition coefficient (Wildman–Crippen LogP) is 2.44. The fraction of sp³-hybridized carbons (Fsp3) is 0.381. The molecule has 0 atom stereocenters. The highest BCUT2D eigenvalue weighted by Crippen LogP contribution is 2.29. The second-order valence-corrected chi connectivity index (χ2v) is 7.36. The second-order valence-electron chi connectivity index (χ2n) is 7.36. The molecule has 158 valence electrons. The van der Waals surface area contributed by atoms with Crippen molar-refractivity contribution in [2.45, 2.75) is 13.8 Å². The van der Waals surface area contributed by atoms with Crippen LogP contribution in [0, 0.1) is 13.8 Å². The first kappa shape index (κ1) is 20.0. The van der Waals surface area contributed by atoms with Gasteiger partial charge in [0.05, 0.1) is 13.7 Å². The summed E-state index contributed by atoms with van der Waals surface area (Å²) in [6.07, 6.45) is 0. The Hall–Kier alpha value is -3.33. The monoisotopic (exact) mass is 412 g/mol. The van der Waals surface area contributed by atoms with Crippen LogP contribution in [0.25, 0.3) is 11.0 Å². The van der Waals surface area contributed by atoms with Gasteiger partial charge in [-0.25, -0.2) is 0 Å². The lowest BCUT2D eigenvalue weighted by Gasteiger charge is -2.33. The summed E-state index contributed by atoms with van der Waals surface area (Å²) < 4.78 is 16.0. The fourth-order valence-electron chi connectivity index (χ4n) is 3.59. The number of ether oxygens (including phenoxy) is 1. The molecule has 0 unspecified atom stereocenters. The number of piperazine rings is 1. The molecule has 0 spiro atoms. The first-order chi connectivity index (χ1) is 14.4. The number of benzene rings is 1. The van der Waals surface area contributed by atoms with Crippen molar-refractivity contribution < 1.29 is 23.3 Å². The average Bonchev–Trinajstić information content (AvgIpc) is 3.30. The van der Waals surface area contributed by atoms with Gasteiger partial charge in [0.25, 0.3) is 5.91 Å². The van der Waals surface area contributed by atoms with E-state index in [4.69, 9.17) is 13.7 Å². The Balaban J connectivity index is 1.36. The van der Waals surface area contributed by atoms with Gasteiger partial charge in [0.1, 0.15) is 17.1 Å². The molecule has 9 nitrogen and oxygen atoms in total. The third-order valence-corrected chi connectivity index (χ3v) is 5.26. The summed E-state index contributed by atoms with van der Waals surface area (Å²) >= 11 is 0. The molecule has 0 radical (unpaired) electrons. The molecule has 1 aliphatic rings. The van der Waals surface area contributed by atoms with E-state index in [-0.39, 0.29) is 18.4 Å². The Morgan fingerprint density at radius 3 is 2.60 bits per heavy atom. The van der Waals surface area contributed by atoms with Gasteiger partial charge in [-0.05, 0) is 32.0 Å². The van der Waals surface area contributed by atoms with Crippen LogP contribution in [0.5, 0.6) is 5.75 Å². The van der Waals surface area contributed by atoms with Gasteiger partial charge >= 0.3 is 0 Å². The standard InChI is InChI=1S/C21H24N4O5/c1-13-10-18(23-30-13)22-19(26)12-24-6-8-25(9-7-24)21(27)20-14(2)16-11-15(28-3)4-5-17(16)29-20/h4-5,10-11H,6-9,12H2,1-3H3,(H,22,23,26). The lowest BCUT2D eigenvalue weighted by Crippen LogP contribution is -2.50. The highest BCUT2D eigenvalue weighted by molar-refractivity contribution is 5.99. The number of anilines is 1. The molecule has 2 aromatic heterocycles. The summed E-state index contributed by atoms with van der Waals surface area (Å²) in [5, 5.41) is 7.34. The average molecular weight is 412 g/mol. The van der Waals surface area contributed by atoms with E-state index < -0.39 is 0 Å².